The van der Waals surface area contributed by atoms with Crippen molar-refractivity contribution in [1.29, 1.82) is 0 Å². The summed E-state index contributed by atoms with van der Waals surface area (Å²) in [6, 6.07) is 7.82. The first kappa shape index (κ1) is 20.1. The summed E-state index contributed by atoms with van der Waals surface area (Å²) in [6.45, 7) is 9.00. The Bertz CT molecular complexity index is 1120. The molecule has 4 rings (SSSR count). The maximum Gasteiger partial charge on any atom is 0.289 e. The second kappa shape index (κ2) is 7.94. The van der Waals surface area contributed by atoms with Gasteiger partial charge in [-0.05, 0) is 69.4 Å². The van der Waals surface area contributed by atoms with Gasteiger partial charge in [-0.15, -0.1) is 0 Å². The first-order valence-electron chi connectivity index (χ1n) is 10.4. The summed E-state index contributed by atoms with van der Waals surface area (Å²) in [4.78, 5) is 31.7. The summed E-state index contributed by atoms with van der Waals surface area (Å²) >= 11 is 0. The van der Waals surface area contributed by atoms with Crippen LogP contribution in [0.1, 0.15) is 45.7 Å². The van der Waals surface area contributed by atoms with Crippen molar-refractivity contribution < 1.29 is 14.0 Å². The van der Waals surface area contributed by atoms with Crippen LogP contribution in [0.25, 0.3) is 11.0 Å². The summed E-state index contributed by atoms with van der Waals surface area (Å²) in [5, 5.41) is 3.92. The fraction of sp³-hybridized carbons (Fsp3) is 0.375. The molecule has 1 saturated heterocycles. The third-order valence-electron chi connectivity index (χ3n) is 6.00. The number of anilines is 1. The highest BCUT2D eigenvalue weighted by Crippen LogP contribution is 2.32. The number of benzene rings is 1. The molecule has 0 atom stereocenters. The molecule has 0 spiro atoms. The van der Waals surface area contributed by atoms with Crippen LogP contribution in [0.15, 0.2) is 34.9 Å². The number of amides is 2. The number of nitrogens with one attached hydrogen (secondary N) is 1. The van der Waals surface area contributed by atoms with E-state index in [-0.39, 0.29) is 17.7 Å². The van der Waals surface area contributed by atoms with Crippen molar-refractivity contribution in [2.24, 2.45) is 5.92 Å². The molecule has 156 valence electrons. The van der Waals surface area contributed by atoms with Gasteiger partial charge in [0, 0.05) is 36.2 Å². The lowest BCUT2D eigenvalue weighted by Gasteiger charge is -2.30. The van der Waals surface area contributed by atoms with Crippen molar-refractivity contribution in [2.75, 3.05) is 18.4 Å². The van der Waals surface area contributed by atoms with Crippen molar-refractivity contribution in [3.63, 3.8) is 0 Å². The van der Waals surface area contributed by atoms with Crippen LogP contribution < -0.4 is 5.32 Å². The molecule has 2 aromatic heterocycles. The quantitative estimate of drug-likeness (QED) is 0.693. The number of likely N-dealkylation sites (tertiary alicyclic amines) is 1. The zero-order valence-corrected chi connectivity index (χ0v) is 17.9. The molecule has 0 aliphatic carbocycles. The van der Waals surface area contributed by atoms with Crippen molar-refractivity contribution in [3.8, 4) is 0 Å². The molecule has 0 saturated carbocycles. The number of rotatable bonds is 3. The topological polar surface area (TPSA) is 75.4 Å². The molecule has 3 heterocycles. The van der Waals surface area contributed by atoms with Gasteiger partial charge in [0.05, 0.1) is 0 Å². The summed E-state index contributed by atoms with van der Waals surface area (Å²) < 4.78 is 6.01. The maximum atomic E-state index is 13.1. The highest BCUT2D eigenvalue weighted by atomic mass is 16.3. The largest absolute Gasteiger partial charge is 0.450 e. The van der Waals surface area contributed by atoms with Crippen molar-refractivity contribution in [3.05, 3.63) is 58.5 Å². The van der Waals surface area contributed by atoms with Gasteiger partial charge in [0.2, 0.25) is 5.91 Å². The van der Waals surface area contributed by atoms with Crippen LogP contribution in [0.2, 0.25) is 0 Å². The molecule has 1 N–H and O–H groups in total. The number of pyridine rings is 1. The van der Waals surface area contributed by atoms with E-state index < -0.39 is 0 Å². The number of aryl methyl sites for hydroxylation is 4. The van der Waals surface area contributed by atoms with Gasteiger partial charge < -0.3 is 14.6 Å². The van der Waals surface area contributed by atoms with Gasteiger partial charge in [-0.2, -0.15) is 0 Å². The molecule has 3 aromatic rings. The lowest BCUT2D eigenvalue weighted by atomic mass is 9.95. The van der Waals surface area contributed by atoms with Crippen LogP contribution in [-0.2, 0) is 4.79 Å². The van der Waals surface area contributed by atoms with Crippen LogP contribution in [0, 0.1) is 33.6 Å². The monoisotopic (exact) mass is 405 g/mol. The van der Waals surface area contributed by atoms with Gasteiger partial charge in [-0.25, -0.2) is 4.98 Å². The van der Waals surface area contributed by atoms with E-state index >= 15 is 0 Å². The highest BCUT2D eigenvalue weighted by molar-refractivity contribution is 6.00. The lowest BCUT2D eigenvalue weighted by Crippen LogP contribution is -2.41. The average molecular weight is 405 g/mol. The minimum absolute atomic E-state index is 0.0358. The van der Waals surface area contributed by atoms with E-state index in [2.05, 4.69) is 16.4 Å². The predicted molar refractivity (Wildman–Crippen MR) is 117 cm³/mol. The minimum Gasteiger partial charge on any atom is -0.450 e. The van der Waals surface area contributed by atoms with Gasteiger partial charge >= 0.3 is 0 Å². The van der Waals surface area contributed by atoms with E-state index in [9.17, 15) is 9.59 Å². The number of nitrogens with zero attached hydrogens (tertiary/aromatic N) is 2. The van der Waals surface area contributed by atoms with E-state index in [1.54, 1.807) is 11.1 Å². The normalized spacial score (nSPS) is 14.9. The number of hydrogen-bond acceptors (Lipinski definition) is 4. The molecule has 30 heavy (non-hydrogen) atoms. The van der Waals surface area contributed by atoms with Crippen molar-refractivity contribution in [1.82, 2.24) is 9.88 Å². The number of carbonyl (C=O) groups is 2. The summed E-state index contributed by atoms with van der Waals surface area (Å²) in [7, 11) is 0. The van der Waals surface area contributed by atoms with E-state index in [0.29, 0.717) is 37.5 Å². The Kier molecular flexibility index (Phi) is 5.33. The van der Waals surface area contributed by atoms with Gasteiger partial charge in [-0.1, -0.05) is 12.1 Å². The highest BCUT2D eigenvalue weighted by Gasteiger charge is 2.31. The van der Waals surface area contributed by atoms with E-state index in [1.165, 1.54) is 0 Å². The summed E-state index contributed by atoms with van der Waals surface area (Å²) in [6.07, 6.45) is 2.94. The second-order valence-corrected chi connectivity index (χ2v) is 8.23. The zero-order valence-electron chi connectivity index (χ0n) is 17.9. The number of furan rings is 1. The SMILES string of the molecule is Cc1ccnc(NC(=O)C2CCN(C(=O)c3oc4c(C)ccc(C)c4c3C)CC2)c1. The molecule has 1 aliphatic heterocycles. The number of fused-ring (bicyclic) bond motifs is 1. The molecule has 1 aromatic carbocycles. The molecule has 0 unspecified atom stereocenters. The van der Waals surface area contributed by atoms with Crippen LogP contribution >= 0.6 is 0 Å². The zero-order chi connectivity index (χ0) is 21.4. The Hall–Kier alpha value is -3.15. The van der Waals surface area contributed by atoms with Crippen LogP contribution in [0.5, 0.6) is 0 Å². The molecule has 1 aliphatic rings. The number of carbonyl (C=O) groups excluding carboxylic acids is 2. The Morgan fingerprint density at radius 1 is 1.07 bits per heavy atom. The number of hydrogen-bond donors (Lipinski definition) is 1. The first-order valence-corrected chi connectivity index (χ1v) is 10.4. The summed E-state index contributed by atoms with van der Waals surface area (Å²) in [5.74, 6) is 0.724. The van der Waals surface area contributed by atoms with Crippen LogP contribution in [0.3, 0.4) is 0 Å². The average Bonchev–Trinajstić information content (AvgIpc) is 3.09. The van der Waals surface area contributed by atoms with Gasteiger partial charge in [0.1, 0.15) is 11.4 Å². The first-order chi connectivity index (χ1) is 14.3. The van der Waals surface area contributed by atoms with Gasteiger partial charge in [0.25, 0.3) is 5.91 Å². The smallest absolute Gasteiger partial charge is 0.289 e. The minimum atomic E-state index is -0.127. The number of piperidine rings is 1. The van der Waals surface area contributed by atoms with Crippen LogP contribution in [-0.4, -0.2) is 34.8 Å². The second-order valence-electron chi connectivity index (χ2n) is 8.23. The third kappa shape index (κ3) is 3.70. The standard InChI is InChI=1S/C24H27N3O3/c1-14-7-10-25-19(13-14)26-23(28)18-8-11-27(12-9-18)24(29)22-17(4)20-15(2)5-6-16(3)21(20)30-22/h5-7,10,13,18H,8-9,11-12H2,1-4H3,(H,25,26,28). The van der Waals surface area contributed by atoms with Gasteiger partial charge in [0.15, 0.2) is 5.76 Å². The third-order valence-corrected chi connectivity index (χ3v) is 6.00. The lowest BCUT2D eigenvalue weighted by molar-refractivity contribution is -0.121. The van der Waals surface area contributed by atoms with E-state index in [4.69, 9.17) is 4.42 Å². The predicted octanol–water partition coefficient (Wildman–Crippen LogP) is 4.55. The molecule has 0 bridgehead atoms. The van der Waals surface area contributed by atoms with Gasteiger partial charge in [-0.3, -0.25) is 9.59 Å². The van der Waals surface area contributed by atoms with Crippen LogP contribution in [0.4, 0.5) is 5.82 Å². The fourth-order valence-corrected chi connectivity index (χ4v) is 4.20. The fourth-order valence-electron chi connectivity index (χ4n) is 4.20. The van der Waals surface area contributed by atoms with E-state index in [0.717, 1.165) is 33.2 Å². The van der Waals surface area contributed by atoms with Crippen molar-refractivity contribution in [2.45, 2.75) is 40.5 Å². The molecular weight excluding hydrogens is 378 g/mol. The van der Waals surface area contributed by atoms with Crippen molar-refractivity contribution >= 4 is 28.6 Å². The molecule has 6 heteroatoms. The summed E-state index contributed by atoms with van der Waals surface area (Å²) in [5.41, 5.74) is 4.86. The molecule has 1 fully saturated rings. The molecule has 2 amide bonds. The Balaban J connectivity index is 1.44. The Morgan fingerprint density at radius 2 is 1.77 bits per heavy atom. The Labute approximate surface area is 176 Å². The molecular formula is C24H27N3O3. The Morgan fingerprint density at radius 3 is 2.43 bits per heavy atom. The number of aromatic nitrogens is 1. The van der Waals surface area contributed by atoms with E-state index in [1.807, 2.05) is 45.9 Å². The molecule has 6 nitrogen and oxygen atoms in total. The maximum absolute atomic E-state index is 13.1. The molecule has 0 radical (unpaired) electrons.